The van der Waals surface area contributed by atoms with Crippen molar-refractivity contribution < 1.29 is 0 Å². The van der Waals surface area contributed by atoms with Crippen molar-refractivity contribution in [3.8, 4) is 6.07 Å². The largest absolute Gasteiger partial charge is 0.198 e. The standard InChI is InChI=1S/C12H17N/c1-8-10-2-9-3-11(8)6-12(4-9,5-10)7-13/h8-11H,2-6H2,1H3. The molecule has 2 unspecified atom stereocenters. The second kappa shape index (κ2) is 2.29. The fourth-order valence-electron chi connectivity index (χ4n) is 4.42. The van der Waals surface area contributed by atoms with Crippen LogP contribution in [0.2, 0.25) is 0 Å². The van der Waals surface area contributed by atoms with E-state index in [0.717, 1.165) is 23.7 Å². The van der Waals surface area contributed by atoms with Gasteiger partial charge in [-0.3, -0.25) is 0 Å². The second-order valence-electron chi connectivity index (χ2n) is 5.72. The average molecular weight is 175 g/mol. The predicted molar refractivity (Wildman–Crippen MR) is 50.8 cm³/mol. The summed E-state index contributed by atoms with van der Waals surface area (Å²) >= 11 is 0. The lowest BCUT2D eigenvalue weighted by Gasteiger charge is -2.57. The normalized spacial score (nSPS) is 57.8. The highest BCUT2D eigenvalue weighted by atomic mass is 14.6. The van der Waals surface area contributed by atoms with E-state index in [2.05, 4.69) is 13.0 Å². The van der Waals surface area contributed by atoms with Crippen LogP contribution in [-0.4, -0.2) is 0 Å². The molecule has 0 amide bonds. The summed E-state index contributed by atoms with van der Waals surface area (Å²) in [6, 6.07) is 2.63. The first-order valence-electron chi connectivity index (χ1n) is 5.64. The lowest BCUT2D eigenvalue weighted by Crippen LogP contribution is -2.49. The van der Waals surface area contributed by atoms with Crippen molar-refractivity contribution in [1.82, 2.24) is 0 Å². The average Bonchev–Trinajstić information content (AvgIpc) is 2.13. The summed E-state index contributed by atoms with van der Waals surface area (Å²) in [5.41, 5.74) is 0.128. The fourth-order valence-corrected chi connectivity index (χ4v) is 4.42. The number of hydrogen-bond donors (Lipinski definition) is 0. The highest BCUT2D eigenvalue weighted by Crippen LogP contribution is 2.61. The Morgan fingerprint density at radius 2 is 1.77 bits per heavy atom. The second-order valence-corrected chi connectivity index (χ2v) is 5.72. The molecular weight excluding hydrogens is 158 g/mol. The van der Waals surface area contributed by atoms with Gasteiger partial charge in [0.2, 0.25) is 0 Å². The summed E-state index contributed by atoms with van der Waals surface area (Å²) in [6.45, 7) is 2.41. The molecule has 4 bridgehead atoms. The lowest BCUT2D eigenvalue weighted by molar-refractivity contribution is -0.0611. The number of nitriles is 1. The molecule has 0 heterocycles. The molecule has 0 aromatic carbocycles. The van der Waals surface area contributed by atoms with E-state index in [0.29, 0.717) is 0 Å². The number of nitrogens with zero attached hydrogens (tertiary/aromatic N) is 1. The summed E-state index contributed by atoms with van der Waals surface area (Å²) in [6.07, 6.45) is 6.53. The summed E-state index contributed by atoms with van der Waals surface area (Å²) in [5, 5.41) is 9.27. The molecule has 1 heteroatoms. The molecule has 2 atom stereocenters. The van der Waals surface area contributed by atoms with Crippen LogP contribution < -0.4 is 0 Å². The highest BCUT2D eigenvalue weighted by molar-refractivity contribution is 5.12. The summed E-state index contributed by atoms with van der Waals surface area (Å²) in [4.78, 5) is 0. The van der Waals surface area contributed by atoms with Crippen molar-refractivity contribution in [3.05, 3.63) is 0 Å². The first kappa shape index (κ1) is 7.85. The first-order valence-corrected chi connectivity index (χ1v) is 5.64. The minimum absolute atomic E-state index is 0.128. The van der Waals surface area contributed by atoms with Gasteiger partial charge in [-0.25, -0.2) is 0 Å². The zero-order chi connectivity index (χ0) is 9.05. The molecule has 0 aromatic heterocycles. The molecule has 0 aliphatic heterocycles. The SMILES string of the molecule is CC1C2CC3CC1CC(C#N)(C3)C2. The first-order chi connectivity index (χ1) is 6.22. The zero-order valence-electron chi connectivity index (χ0n) is 8.29. The van der Waals surface area contributed by atoms with Crippen LogP contribution in [0.3, 0.4) is 0 Å². The summed E-state index contributed by atoms with van der Waals surface area (Å²) in [7, 11) is 0. The van der Waals surface area contributed by atoms with Gasteiger partial charge in [0.1, 0.15) is 0 Å². The monoisotopic (exact) mass is 175 g/mol. The molecule has 4 rings (SSSR count). The van der Waals surface area contributed by atoms with E-state index in [-0.39, 0.29) is 5.41 Å². The highest BCUT2D eigenvalue weighted by Gasteiger charge is 2.54. The lowest BCUT2D eigenvalue weighted by atomic mass is 9.47. The van der Waals surface area contributed by atoms with E-state index in [1.54, 1.807) is 0 Å². The predicted octanol–water partition coefficient (Wildman–Crippen LogP) is 2.97. The Bertz CT molecular complexity index is 259. The van der Waals surface area contributed by atoms with Crippen molar-refractivity contribution in [1.29, 1.82) is 5.26 Å². The third-order valence-electron chi connectivity index (χ3n) is 4.98. The Labute approximate surface area is 80.1 Å². The van der Waals surface area contributed by atoms with Gasteiger partial charge in [-0.1, -0.05) is 6.92 Å². The Morgan fingerprint density at radius 3 is 2.31 bits per heavy atom. The van der Waals surface area contributed by atoms with Crippen LogP contribution in [0.25, 0.3) is 0 Å². The van der Waals surface area contributed by atoms with Crippen molar-refractivity contribution in [2.75, 3.05) is 0 Å². The van der Waals surface area contributed by atoms with E-state index in [1.807, 2.05) is 0 Å². The van der Waals surface area contributed by atoms with Gasteiger partial charge in [0.15, 0.2) is 0 Å². The molecule has 70 valence electrons. The number of rotatable bonds is 0. The van der Waals surface area contributed by atoms with Crippen LogP contribution in [0.4, 0.5) is 0 Å². The van der Waals surface area contributed by atoms with E-state index >= 15 is 0 Å². The Morgan fingerprint density at radius 1 is 1.15 bits per heavy atom. The Kier molecular flexibility index (Phi) is 1.38. The van der Waals surface area contributed by atoms with Gasteiger partial charge in [-0.15, -0.1) is 0 Å². The zero-order valence-corrected chi connectivity index (χ0v) is 8.29. The maximum absolute atomic E-state index is 9.27. The quantitative estimate of drug-likeness (QED) is 0.555. The third-order valence-corrected chi connectivity index (χ3v) is 4.98. The molecule has 4 saturated carbocycles. The Hall–Kier alpha value is -0.510. The minimum Gasteiger partial charge on any atom is -0.198 e. The van der Waals surface area contributed by atoms with E-state index < -0.39 is 0 Å². The molecule has 0 aromatic rings. The van der Waals surface area contributed by atoms with E-state index in [4.69, 9.17) is 0 Å². The minimum atomic E-state index is 0.128. The molecule has 0 saturated heterocycles. The molecule has 4 fully saturated rings. The van der Waals surface area contributed by atoms with Gasteiger partial charge >= 0.3 is 0 Å². The van der Waals surface area contributed by atoms with E-state index in [9.17, 15) is 5.26 Å². The van der Waals surface area contributed by atoms with Gasteiger partial charge in [-0.05, 0) is 55.8 Å². The summed E-state index contributed by atoms with van der Waals surface area (Å²) < 4.78 is 0. The topological polar surface area (TPSA) is 23.8 Å². The van der Waals surface area contributed by atoms with Crippen LogP contribution >= 0.6 is 0 Å². The van der Waals surface area contributed by atoms with Gasteiger partial charge in [0, 0.05) is 0 Å². The van der Waals surface area contributed by atoms with Gasteiger partial charge in [0.05, 0.1) is 11.5 Å². The van der Waals surface area contributed by atoms with Crippen molar-refractivity contribution >= 4 is 0 Å². The molecule has 4 aliphatic carbocycles. The van der Waals surface area contributed by atoms with Crippen LogP contribution in [0.1, 0.15) is 39.0 Å². The molecule has 0 radical (unpaired) electrons. The van der Waals surface area contributed by atoms with Crippen LogP contribution in [0.15, 0.2) is 0 Å². The van der Waals surface area contributed by atoms with E-state index in [1.165, 1.54) is 32.1 Å². The Balaban J connectivity index is 1.97. The van der Waals surface area contributed by atoms with Gasteiger partial charge in [-0.2, -0.15) is 5.26 Å². The van der Waals surface area contributed by atoms with Crippen LogP contribution in [-0.2, 0) is 0 Å². The molecule has 0 spiro atoms. The molecule has 4 aliphatic rings. The molecule has 0 N–H and O–H groups in total. The van der Waals surface area contributed by atoms with Crippen LogP contribution in [0.5, 0.6) is 0 Å². The number of hydrogen-bond acceptors (Lipinski definition) is 1. The van der Waals surface area contributed by atoms with Crippen LogP contribution in [0, 0.1) is 40.4 Å². The van der Waals surface area contributed by atoms with Crippen molar-refractivity contribution in [2.45, 2.75) is 39.0 Å². The maximum Gasteiger partial charge on any atom is 0.0690 e. The van der Waals surface area contributed by atoms with Gasteiger partial charge < -0.3 is 0 Å². The molecule has 1 nitrogen and oxygen atoms in total. The van der Waals surface area contributed by atoms with Crippen molar-refractivity contribution in [3.63, 3.8) is 0 Å². The maximum atomic E-state index is 9.27. The molecule has 13 heavy (non-hydrogen) atoms. The summed E-state index contributed by atoms with van der Waals surface area (Å²) in [5.74, 6) is 3.61. The molecular formula is C12H17N. The smallest absolute Gasteiger partial charge is 0.0690 e. The van der Waals surface area contributed by atoms with Crippen molar-refractivity contribution in [2.24, 2.45) is 29.1 Å². The third kappa shape index (κ3) is 0.923. The fraction of sp³-hybridized carbons (Fsp3) is 0.917. The van der Waals surface area contributed by atoms with Gasteiger partial charge in [0.25, 0.3) is 0 Å².